The summed E-state index contributed by atoms with van der Waals surface area (Å²) in [4.78, 5) is 26.9. The van der Waals surface area contributed by atoms with Crippen molar-refractivity contribution in [3.8, 4) is 17.2 Å². The molecular formula is C32H33N3O4. The summed E-state index contributed by atoms with van der Waals surface area (Å²) in [7, 11) is 1.60. The molecule has 0 spiro atoms. The maximum Gasteiger partial charge on any atom is 0.263 e. The molecule has 0 aliphatic heterocycles. The van der Waals surface area contributed by atoms with Crippen molar-refractivity contribution in [1.29, 1.82) is 0 Å². The number of benzene rings is 4. The number of carbonyl (C=O) groups excluding carboxylic acids is 2. The van der Waals surface area contributed by atoms with Gasteiger partial charge in [0.1, 0.15) is 23.3 Å². The number of ether oxygens (including phenoxy) is 2. The quantitative estimate of drug-likeness (QED) is 0.235. The highest BCUT2D eigenvalue weighted by atomic mass is 16.5. The third-order valence-electron chi connectivity index (χ3n) is 6.16. The van der Waals surface area contributed by atoms with Crippen LogP contribution in [0.1, 0.15) is 28.4 Å². The molecule has 0 aliphatic rings. The minimum Gasteiger partial charge on any atom is -0.497 e. The molecule has 0 fully saturated rings. The maximum atomic E-state index is 13.7. The lowest BCUT2D eigenvalue weighted by molar-refractivity contribution is -0.131. The zero-order chi connectivity index (χ0) is 27.6. The molecule has 0 bridgehead atoms. The fourth-order valence-electron chi connectivity index (χ4n) is 4.08. The number of hydrogen-bond acceptors (Lipinski definition) is 5. The Balaban J connectivity index is 1.53. The van der Waals surface area contributed by atoms with Gasteiger partial charge in [-0.15, -0.1) is 0 Å². The highest BCUT2D eigenvalue weighted by molar-refractivity contribution is 5.98. The van der Waals surface area contributed by atoms with Crippen molar-refractivity contribution in [2.75, 3.05) is 19.1 Å². The van der Waals surface area contributed by atoms with Crippen molar-refractivity contribution in [3.05, 3.63) is 120 Å². The summed E-state index contributed by atoms with van der Waals surface area (Å²) in [6.07, 6.45) is 0.308. The molecule has 200 valence electrons. The third-order valence-corrected chi connectivity index (χ3v) is 6.16. The number of nitrogens with one attached hydrogen (secondary N) is 2. The predicted octanol–water partition coefficient (Wildman–Crippen LogP) is 6.01. The van der Waals surface area contributed by atoms with Gasteiger partial charge >= 0.3 is 0 Å². The van der Waals surface area contributed by atoms with Crippen LogP contribution in [-0.4, -0.2) is 36.5 Å². The van der Waals surface area contributed by atoms with E-state index in [4.69, 9.17) is 9.47 Å². The van der Waals surface area contributed by atoms with Crippen LogP contribution in [0.25, 0.3) is 0 Å². The molecule has 2 N–H and O–H groups in total. The van der Waals surface area contributed by atoms with E-state index in [0.717, 1.165) is 28.3 Å². The first-order chi connectivity index (χ1) is 18.9. The fourth-order valence-corrected chi connectivity index (χ4v) is 4.08. The number of aryl methyl sites for hydroxylation is 1. The standard InChI is InChI=1S/C32H33N3O4/c1-4-35(34-26-15-19-27(38-3)20-16-26)32(37)30(33-31(36)25-10-8-9-23(2)21-25)22-24-13-17-29(18-14-24)39-28-11-6-5-7-12-28/h5-21,30,34H,4,22H2,1-3H3,(H,33,36). The van der Waals surface area contributed by atoms with Crippen LogP contribution < -0.4 is 20.2 Å². The van der Waals surface area contributed by atoms with E-state index in [0.29, 0.717) is 24.3 Å². The Morgan fingerprint density at radius 3 is 2.13 bits per heavy atom. The molecule has 0 saturated heterocycles. The Bertz CT molecular complexity index is 1370. The molecule has 1 atom stereocenters. The molecule has 4 aromatic carbocycles. The Labute approximate surface area is 229 Å². The van der Waals surface area contributed by atoms with Crippen molar-refractivity contribution >= 4 is 17.5 Å². The van der Waals surface area contributed by atoms with E-state index in [1.807, 2.05) is 105 Å². The first-order valence-electron chi connectivity index (χ1n) is 12.9. The molecule has 1 unspecified atom stereocenters. The van der Waals surface area contributed by atoms with Crippen LogP contribution in [-0.2, 0) is 11.2 Å². The van der Waals surface area contributed by atoms with Gasteiger partial charge in [0, 0.05) is 18.5 Å². The number of hydrogen-bond donors (Lipinski definition) is 2. The van der Waals surface area contributed by atoms with Gasteiger partial charge in [0.15, 0.2) is 0 Å². The second kappa shape index (κ2) is 13.1. The van der Waals surface area contributed by atoms with Gasteiger partial charge in [-0.25, -0.2) is 0 Å². The van der Waals surface area contributed by atoms with Crippen LogP contribution in [0.4, 0.5) is 5.69 Å². The fraction of sp³-hybridized carbons (Fsp3) is 0.188. The molecule has 0 heterocycles. The highest BCUT2D eigenvalue weighted by Crippen LogP contribution is 2.22. The van der Waals surface area contributed by atoms with Crippen LogP contribution in [0.3, 0.4) is 0 Å². The van der Waals surface area contributed by atoms with Crippen molar-refractivity contribution in [2.45, 2.75) is 26.3 Å². The second-order valence-electron chi connectivity index (χ2n) is 9.08. The predicted molar refractivity (Wildman–Crippen MR) is 153 cm³/mol. The van der Waals surface area contributed by atoms with Gasteiger partial charge in [0.05, 0.1) is 12.8 Å². The van der Waals surface area contributed by atoms with Crippen molar-refractivity contribution in [3.63, 3.8) is 0 Å². The highest BCUT2D eigenvalue weighted by Gasteiger charge is 2.26. The number of amides is 2. The van der Waals surface area contributed by atoms with E-state index >= 15 is 0 Å². The summed E-state index contributed by atoms with van der Waals surface area (Å²) < 4.78 is 11.1. The molecule has 39 heavy (non-hydrogen) atoms. The summed E-state index contributed by atoms with van der Waals surface area (Å²) in [6.45, 7) is 4.20. The lowest BCUT2D eigenvalue weighted by Crippen LogP contribution is -2.51. The molecule has 0 aliphatic carbocycles. The van der Waals surface area contributed by atoms with Gasteiger partial charge in [-0.2, -0.15) is 0 Å². The van der Waals surface area contributed by atoms with Gasteiger partial charge in [-0.1, -0.05) is 48.0 Å². The maximum absolute atomic E-state index is 13.7. The molecular weight excluding hydrogens is 490 g/mol. The van der Waals surface area contributed by atoms with Gasteiger partial charge in [0.2, 0.25) is 0 Å². The minimum atomic E-state index is -0.801. The van der Waals surface area contributed by atoms with Gasteiger partial charge in [-0.3, -0.25) is 20.0 Å². The Hall–Kier alpha value is -4.78. The van der Waals surface area contributed by atoms with E-state index in [1.165, 1.54) is 5.01 Å². The summed E-state index contributed by atoms with van der Waals surface area (Å²) in [5.41, 5.74) is 6.26. The molecule has 4 rings (SSSR count). The van der Waals surface area contributed by atoms with Crippen LogP contribution >= 0.6 is 0 Å². The lowest BCUT2D eigenvalue weighted by atomic mass is 10.0. The summed E-state index contributed by atoms with van der Waals surface area (Å²) >= 11 is 0. The third kappa shape index (κ3) is 7.61. The number of likely N-dealkylation sites (N-methyl/N-ethyl adjacent to an activating group) is 1. The Kier molecular flexibility index (Phi) is 9.19. The van der Waals surface area contributed by atoms with Crippen LogP contribution in [0.5, 0.6) is 17.2 Å². The monoisotopic (exact) mass is 523 g/mol. The zero-order valence-corrected chi connectivity index (χ0v) is 22.4. The zero-order valence-electron chi connectivity index (χ0n) is 22.4. The number of anilines is 1. The van der Waals surface area contributed by atoms with Gasteiger partial charge in [0.25, 0.3) is 11.8 Å². The van der Waals surface area contributed by atoms with Gasteiger partial charge in [-0.05, 0) is 80.1 Å². The second-order valence-corrected chi connectivity index (χ2v) is 9.08. The van der Waals surface area contributed by atoms with E-state index in [9.17, 15) is 9.59 Å². The van der Waals surface area contributed by atoms with Crippen molar-refractivity contribution < 1.29 is 19.1 Å². The van der Waals surface area contributed by atoms with Crippen LogP contribution in [0, 0.1) is 6.92 Å². The average Bonchev–Trinajstić information content (AvgIpc) is 2.97. The first kappa shape index (κ1) is 27.3. The van der Waals surface area contributed by atoms with E-state index in [1.54, 1.807) is 19.2 Å². The molecule has 0 saturated carbocycles. The topological polar surface area (TPSA) is 79.9 Å². The molecule has 4 aromatic rings. The van der Waals surface area contributed by atoms with E-state index in [-0.39, 0.29) is 11.8 Å². The van der Waals surface area contributed by atoms with E-state index in [2.05, 4.69) is 10.7 Å². The Morgan fingerprint density at radius 1 is 0.821 bits per heavy atom. The summed E-state index contributed by atoms with van der Waals surface area (Å²) in [6, 6.07) is 30.9. The smallest absolute Gasteiger partial charge is 0.263 e. The molecule has 2 amide bonds. The SMILES string of the molecule is CCN(Nc1ccc(OC)cc1)C(=O)C(Cc1ccc(Oc2ccccc2)cc1)NC(=O)c1cccc(C)c1. The summed E-state index contributed by atoms with van der Waals surface area (Å²) in [5, 5.41) is 4.47. The summed E-state index contributed by atoms with van der Waals surface area (Å²) in [5.74, 6) is 1.60. The minimum absolute atomic E-state index is 0.251. The average molecular weight is 524 g/mol. The first-order valence-corrected chi connectivity index (χ1v) is 12.9. The molecule has 0 aromatic heterocycles. The number of hydrazine groups is 1. The normalized spacial score (nSPS) is 11.3. The van der Waals surface area contributed by atoms with Crippen molar-refractivity contribution in [2.24, 2.45) is 0 Å². The molecule has 0 radical (unpaired) electrons. The van der Waals surface area contributed by atoms with E-state index < -0.39 is 6.04 Å². The molecule has 7 heteroatoms. The number of methoxy groups -OCH3 is 1. The van der Waals surface area contributed by atoms with Crippen LogP contribution in [0.15, 0.2) is 103 Å². The van der Waals surface area contributed by atoms with Crippen LogP contribution in [0.2, 0.25) is 0 Å². The molecule has 7 nitrogen and oxygen atoms in total. The lowest BCUT2D eigenvalue weighted by Gasteiger charge is -2.28. The number of nitrogens with zero attached hydrogens (tertiary/aromatic N) is 1. The van der Waals surface area contributed by atoms with Crippen molar-refractivity contribution in [1.82, 2.24) is 10.3 Å². The number of para-hydroxylation sites is 1. The largest absolute Gasteiger partial charge is 0.497 e. The number of rotatable bonds is 11. The number of carbonyl (C=O) groups is 2. The Morgan fingerprint density at radius 2 is 1.49 bits per heavy atom. The van der Waals surface area contributed by atoms with Gasteiger partial charge < -0.3 is 14.8 Å².